The molecule has 1 saturated carbocycles. The molecule has 2 rings (SSSR count). The molecule has 18 heavy (non-hydrogen) atoms. The van der Waals surface area contributed by atoms with Gasteiger partial charge in [0.1, 0.15) is 0 Å². The van der Waals surface area contributed by atoms with Gasteiger partial charge in [0.25, 0.3) is 0 Å². The number of hydrogen-bond donors (Lipinski definition) is 2. The third kappa shape index (κ3) is 3.79. The highest BCUT2D eigenvalue weighted by molar-refractivity contribution is 6.35. The molecule has 0 aromatic heterocycles. The standard InChI is InChI=1S/C13H16Cl2N2O/c14-10-5-4-9(12(15)8-10)6-7-16-13(18)17-11-2-1-3-11/h4-5,8,11H,1-3,6-7H2,(H2,16,17,18). The van der Waals surface area contributed by atoms with Crippen LogP contribution in [0.25, 0.3) is 0 Å². The lowest BCUT2D eigenvalue weighted by molar-refractivity contribution is 0.228. The molecule has 0 aliphatic heterocycles. The van der Waals surface area contributed by atoms with Crippen LogP contribution in [-0.2, 0) is 6.42 Å². The summed E-state index contributed by atoms with van der Waals surface area (Å²) < 4.78 is 0. The van der Waals surface area contributed by atoms with Gasteiger partial charge in [-0.1, -0.05) is 29.3 Å². The molecule has 1 aliphatic carbocycles. The SMILES string of the molecule is O=C(NCCc1ccc(Cl)cc1Cl)NC1CCC1. The van der Waals surface area contributed by atoms with Crippen molar-refractivity contribution in [2.75, 3.05) is 6.54 Å². The summed E-state index contributed by atoms with van der Waals surface area (Å²) in [6.07, 6.45) is 4.10. The van der Waals surface area contributed by atoms with Gasteiger partial charge in [0, 0.05) is 22.6 Å². The van der Waals surface area contributed by atoms with Gasteiger partial charge in [-0.15, -0.1) is 0 Å². The summed E-state index contributed by atoms with van der Waals surface area (Å²) in [5.41, 5.74) is 0.991. The summed E-state index contributed by atoms with van der Waals surface area (Å²) in [5.74, 6) is 0. The summed E-state index contributed by atoms with van der Waals surface area (Å²) in [7, 11) is 0. The fourth-order valence-corrected chi connectivity index (χ4v) is 2.33. The second kappa shape index (κ2) is 6.30. The summed E-state index contributed by atoms with van der Waals surface area (Å²) in [5, 5.41) is 7.02. The van der Waals surface area contributed by atoms with Crippen LogP contribution in [0.2, 0.25) is 10.0 Å². The Morgan fingerprint density at radius 1 is 1.33 bits per heavy atom. The first-order valence-corrected chi connectivity index (χ1v) is 6.89. The average Bonchev–Trinajstić information content (AvgIpc) is 2.27. The monoisotopic (exact) mass is 286 g/mol. The Balaban J connectivity index is 1.72. The minimum atomic E-state index is -0.0928. The van der Waals surface area contributed by atoms with Gasteiger partial charge in [-0.2, -0.15) is 0 Å². The van der Waals surface area contributed by atoms with Crippen molar-refractivity contribution < 1.29 is 4.79 Å². The van der Waals surface area contributed by atoms with E-state index >= 15 is 0 Å². The highest BCUT2D eigenvalue weighted by atomic mass is 35.5. The van der Waals surface area contributed by atoms with E-state index in [0.717, 1.165) is 18.4 Å². The molecule has 0 heterocycles. The quantitative estimate of drug-likeness (QED) is 0.875. The Labute approximate surface area is 117 Å². The predicted octanol–water partition coefficient (Wildman–Crippen LogP) is 3.39. The summed E-state index contributed by atoms with van der Waals surface area (Å²) in [4.78, 5) is 11.5. The van der Waals surface area contributed by atoms with E-state index in [1.54, 1.807) is 12.1 Å². The number of urea groups is 1. The molecule has 3 nitrogen and oxygen atoms in total. The molecule has 0 bridgehead atoms. The Morgan fingerprint density at radius 2 is 2.11 bits per heavy atom. The zero-order valence-electron chi connectivity index (χ0n) is 10.0. The minimum Gasteiger partial charge on any atom is -0.338 e. The second-order valence-electron chi connectivity index (χ2n) is 4.51. The Bertz CT molecular complexity index is 433. The number of carbonyl (C=O) groups is 1. The summed E-state index contributed by atoms with van der Waals surface area (Å²) in [6, 6.07) is 5.68. The molecule has 0 radical (unpaired) electrons. The maximum Gasteiger partial charge on any atom is 0.315 e. The summed E-state index contributed by atoms with van der Waals surface area (Å²) in [6.45, 7) is 0.569. The summed E-state index contributed by atoms with van der Waals surface area (Å²) >= 11 is 11.9. The third-order valence-electron chi connectivity index (χ3n) is 3.14. The first kappa shape index (κ1) is 13.5. The molecule has 1 aromatic carbocycles. The Hall–Kier alpha value is -0.930. The normalized spacial score (nSPS) is 15.0. The number of benzene rings is 1. The third-order valence-corrected chi connectivity index (χ3v) is 3.72. The van der Waals surface area contributed by atoms with Crippen LogP contribution in [0.1, 0.15) is 24.8 Å². The molecule has 98 valence electrons. The Morgan fingerprint density at radius 3 is 2.72 bits per heavy atom. The number of hydrogen-bond acceptors (Lipinski definition) is 1. The van der Waals surface area contributed by atoms with Gasteiger partial charge in [-0.3, -0.25) is 0 Å². The van der Waals surface area contributed by atoms with E-state index in [9.17, 15) is 4.79 Å². The van der Waals surface area contributed by atoms with Crippen molar-refractivity contribution in [2.24, 2.45) is 0 Å². The van der Waals surface area contributed by atoms with Crippen LogP contribution in [0.15, 0.2) is 18.2 Å². The maximum absolute atomic E-state index is 11.5. The fourth-order valence-electron chi connectivity index (χ4n) is 1.82. The van der Waals surface area contributed by atoms with E-state index < -0.39 is 0 Å². The predicted molar refractivity (Wildman–Crippen MR) is 74.3 cm³/mol. The molecule has 5 heteroatoms. The van der Waals surface area contributed by atoms with Gasteiger partial charge in [-0.25, -0.2) is 4.79 Å². The molecule has 0 unspecified atom stereocenters. The van der Waals surface area contributed by atoms with Crippen LogP contribution in [0.5, 0.6) is 0 Å². The minimum absolute atomic E-state index is 0.0928. The van der Waals surface area contributed by atoms with Crippen molar-refractivity contribution >= 4 is 29.2 Å². The first-order chi connectivity index (χ1) is 8.65. The van der Waals surface area contributed by atoms with Crippen molar-refractivity contribution in [1.82, 2.24) is 10.6 Å². The highest BCUT2D eigenvalue weighted by Crippen LogP contribution is 2.21. The van der Waals surface area contributed by atoms with E-state index in [1.165, 1.54) is 6.42 Å². The van der Waals surface area contributed by atoms with E-state index in [-0.39, 0.29) is 6.03 Å². The lowest BCUT2D eigenvalue weighted by Gasteiger charge is -2.26. The molecular formula is C13H16Cl2N2O. The molecule has 0 saturated heterocycles. The highest BCUT2D eigenvalue weighted by Gasteiger charge is 2.18. The second-order valence-corrected chi connectivity index (χ2v) is 5.36. The van der Waals surface area contributed by atoms with Gasteiger partial charge < -0.3 is 10.6 Å². The molecular weight excluding hydrogens is 271 g/mol. The zero-order chi connectivity index (χ0) is 13.0. The number of rotatable bonds is 4. The van der Waals surface area contributed by atoms with Crippen LogP contribution < -0.4 is 10.6 Å². The van der Waals surface area contributed by atoms with Crippen LogP contribution in [0, 0.1) is 0 Å². The number of halogens is 2. The van der Waals surface area contributed by atoms with E-state index in [1.807, 2.05) is 6.07 Å². The van der Waals surface area contributed by atoms with Crippen LogP contribution in [0.3, 0.4) is 0 Å². The van der Waals surface area contributed by atoms with Gasteiger partial charge >= 0.3 is 6.03 Å². The van der Waals surface area contributed by atoms with Crippen LogP contribution in [-0.4, -0.2) is 18.6 Å². The smallest absolute Gasteiger partial charge is 0.315 e. The van der Waals surface area contributed by atoms with Crippen LogP contribution >= 0.6 is 23.2 Å². The fraction of sp³-hybridized carbons (Fsp3) is 0.462. The van der Waals surface area contributed by atoms with Crippen LogP contribution in [0.4, 0.5) is 4.79 Å². The topological polar surface area (TPSA) is 41.1 Å². The molecule has 0 atom stereocenters. The molecule has 1 aromatic rings. The van der Waals surface area contributed by atoms with Crippen molar-refractivity contribution in [2.45, 2.75) is 31.7 Å². The maximum atomic E-state index is 11.5. The van der Waals surface area contributed by atoms with Crippen molar-refractivity contribution in [3.05, 3.63) is 33.8 Å². The van der Waals surface area contributed by atoms with Gasteiger partial charge in [0.2, 0.25) is 0 Å². The van der Waals surface area contributed by atoms with Gasteiger partial charge in [0.15, 0.2) is 0 Å². The number of carbonyl (C=O) groups excluding carboxylic acids is 1. The van der Waals surface area contributed by atoms with Crippen molar-refractivity contribution in [3.63, 3.8) is 0 Å². The van der Waals surface area contributed by atoms with E-state index in [2.05, 4.69) is 10.6 Å². The number of nitrogens with one attached hydrogen (secondary N) is 2. The molecule has 0 spiro atoms. The lowest BCUT2D eigenvalue weighted by Crippen LogP contribution is -2.45. The van der Waals surface area contributed by atoms with Crippen molar-refractivity contribution in [1.29, 1.82) is 0 Å². The number of amides is 2. The Kier molecular flexibility index (Phi) is 4.72. The largest absolute Gasteiger partial charge is 0.338 e. The molecule has 2 N–H and O–H groups in total. The molecule has 1 fully saturated rings. The molecule has 2 amide bonds. The first-order valence-electron chi connectivity index (χ1n) is 6.13. The molecule has 1 aliphatic rings. The van der Waals surface area contributed by atoms with E-state index in [4.69, 9.17) is 23.2 Å². The van der Waals surface area contributed by atoms with Gasteiger partial charge in [0.05, 0.1) is 0 Å². The zero-order valence-corrected chi connectivity index (χ0v) is 11.5. The van der Waals surface area contributed by atoms with E-state index in [0.29, 0.717) is 29.1 Å². The van der Waals surface area contributed by atoms with Crippen molar-refractivity contribution in [3.8, 4) is 0 Å². The lowest BCUT2D eigenvalue weighted by atomic mass is 9.93. The average molecular weight is 287 g/mol. The van der Waals surface area contributed by atoms with Gasteiger partial charge in [-0.05, 0) is 43.4 Å².